The van der Waals surface area contributed by atoms with Gasteiger partial charge in [0, 0.05) is 6.04 Å². The molecule has 0 aromatic heterocycles. The molecule has 0 spiro atoms. The number of likely N-dealkylation sites (N-methyl/N-ethyl adjacent to an activating group) is 1. The van der Waals surface area contributed by atoms with Gasteiger partial charge in [-0.2, -0.15) is 0 Å². The molecule has 0 aromatic rings. The zero-order valence-corrected chi connectivity index (χ0v) is 11.4. The van der Waals surface area contributed by atoms with Gasteiger partial charge in [0.2, 0.25) is 0 Å². The molecule has 0 amide bonds. The molecule has 4 atom stereocenters. The topological polar surface area (TPSA) is 23.5 Å². The van der Waals surface area contributed by atoms with Crippen molar-refractivity contribution >= 4 is 0 Å². The molecular weight excluding hydrogens is 198 g/mol. The monoisotopic (exact) mass is 227 g/mol. The molecule has 1 saturated carbocycles. The molecule has 2 heteroatoms. The Bertz CT molecular complexity index is 183. The molecular formula is C14H29NO. The van der Waals surface area contributed by atoms with Crippen LogP contribution >= 0.6 is 0 Å². The second kappa shape index (κ2) is 6.61. The molecule has 4 unspecified atom stereocenters. The number of unbranched alkanes of at least 4 members (excludes halogenated alkanes) is 1. The Labute approximate surface area is 101 Å². The van der Waals surface area contributed by atoms with Gasteiger partial charge in [-0.1, -0.05) is 34.1 Å². The average molecular weight is 227 g/mol. The fourth-order valence-corrected chi connectivity index (χ4v) is 3.28. The van der Waals surface area contributed by atoms with Crippen molar-refractivity contribution in [2.24, 2.45) is 11.8 Å². The summed E-state index contributed by atoms with van der Waals surface area (Å²) < 4.78 is 0. The smallest absolute Gasteiger partial charge is 0.0700 e. The molecule has 1 rings (SSSR count). The molecule has 0 bridgehead atoms. The summed E-state index contributed by atoms with van der Waals surface area (Å²) in [4.78, 5) is 2.49. The number of hydrogen-bond donors (Lipinski definition) is 1. The molecule has 0 heterocycles. The first-order valence-electron chi connectivity index (χ1n) is 7.02. The fourth-order valence-electron chi connectivity index (χ4n) is 3.28. The third-order valence-corrected chi connectivity index (χ3v) is 4.02. The minimum atomic E-state index is -0.115. The van der Waals surface area contributed by atoms with Crippen LogP contribution in [0.4, 0.5) is 0 Å². The molecule has 2 nitrogen and oxygen atoms in total. The fraction of sp³-hybridized carbons (Fsp3) is 1.00. The van der Waals surface area contributed by atoms with Crippen LogP contribution in [0.25, 0.3) is 0 Å². The van der Waals surface area contributed by atoms with Gasteiger partial charge in [0.15, 0.2) is 0 Å². The van der Waals surface area contributed by atoms with E-state index in [0.717, 1.165) is 19.5 Å². The predicted molar refractivity (Wildman–Crippen MR) is 69.5 cm³/mol. The SMILES string of the molecule is CCCCN(CC)C1C(C)CC(C)CC1O. The Hall–Kier alpha value is -0.0800. The van der Waals surface area contributed by atoms with Crippen molar-refractivity contribution in [2.75, 3.05) is 13.1 Å². The lowest BCUT2D eigenvalue weighted by Gasteiger charge is -2.43. The molecule has 96 valence electrons. The Morgan fingerprint density at radius 1 is 1.19 bits per heavy atom. The van der Waals surface area contributed by atoms with Crippen LogP contribution in [0.1, 0.15) is 53.4 Å². The number of nitrogens with zero attached hydrogens (tertiary/aromatic N) is 1. The van der Waals surface area contributed by atoms with E-state index in [1.165, 1.54) is 19.3 Å². The largest absolute Gasteiger partial charge is 0.391 e. The first kappa shape index (κ1) is 14.0. The first-order valence-corrected chi connectivity index (χ1v) is 7.02. The van der Waals surface area contributed by atoms with Gasteiger partial charge in [-0.05, 0) is 44.2 Å². The summed E-state index contributed by atoms with van der Waals surface area (Å²) in [6.07, 6.45) is 4.63. The summed E-state index contributed by atoms with van der Waals surface area (Å²) in [6.45, 7) is 11.2. The van der Waals surface area contributed by atoms with E-state index in [0.29, 0.717) is 17.9 Å². The van der Waals surface area contributed by atoms with Crippen LogP contribution in [0.2, 0.25) is 0 Å². The van der Waals surface area contributed by atoms with Crippen LogP contribution in [-0.2, 0) is 0 Å². The summed E-state index contributed by atoms with van der Waals surface area (Å²) in [6, 6.07) is 0.396. The third kappa shape index (κ3) is 3.46. The van der Waals surface area contributed by atoms with Crippen LogP contribution < -0.4 is 0 Å². The molecule has 0 radical (unpaired) electrons. The quantitative estimate of drug-likeness (QED) is 0.780. The van der Waals surface area contributed by atoms with Gasteiger partial charge in [0.1, 0.15) is 0 Å². The first-order chi connectivity index (χ1) is 7.60. The van der Waals surface area contributed by atoms with Crippen LogP contribution in [0.15, 0.2) is 0 Å². The Morgan fingerprint density at radius 2 is 1.88 bits per heavy atom. The zero-order valence-electron chi connectivity index (χ0n) is 11.4. The maximum atomic E-state index is 10.3. The molecule has 1 aliphatic carbocycles. The summed E-state index contributed by atoms with van der Waals surface area (Å²) in [5.74, 6) is 1.32. The van der Waals surface area contributed by atoms with Crippen molar-refractivity contribution in [2.45, 2.75) is 65.5 Å². The summed E-state index contributed by atoms with van der Waals surface area (Å²) in [5, 5.41) is 10.3. The van der Waals surface area contributed by atoms with Crippen LogP contribution in [0.3, 0.4) is 0 Å². The molecule has 1 N–H and O–H groups in total. The average Bonchev–Trinajstić information content (AvgIpc) is 2.21. The van der Waals surface area contributed by atoms with Crippen molar-refractivity contribution in [3.8, 4) is 0 Å². The molecule has 1 fully saturated rings. The highest BCUT2D eigenvalue weighted by Crippen LogP contribution is 2.32. The minimum absolute atomic E-state index is 0.115. The zero-order chi connectivity index (χ0) is 12.1. The third-order valence-electron chi connectivity index (χ3n) is 4.02. The van der Waals surface area contributed by atoms with Crippen LogP contribution in [-0.4, -0.2) is 35.2 Å². The van der Waals surface area contributed by atoms with E-state index in [-0.39, 0.29) is 6.10 Å². The number of rotatable bonds is 5. The van der Waals surface area contributed by atoms with E-state index in [4.69, 9.17) is 0 Å². The van der Waals surface area contributed by atoms with E-state index in [9.17, 15) is 5.11 Å². The maximum Gasteiger partial charge on any atom is 0.0700 e. The van der Waals surface area contributed by atoms with Gasteiger partial charge in [-0.25, -0.2) is 0 Å². The van der Waals surface area contributed by atoms with E-state index in [2.05, 4.69) is 32.6 Å². The highest BCUT2D eigenvalue weighted by atomic mass is 16.3. The van der Waals surface area contributed by atoms with Crippen molar-refractivity contribution in [1.82, 2.24) is 4.90 Å². The van der Waals surface area contributed by atoms with Gasteiger partial charge < -0.3 is 5.11 Å². The van der Waals surface area contributed by atoms with E-state index in [1.54, 1.807) is 0 Å². The Morgan fingerprint density at radius 3 is 2.38 bits per heavy atom. The highest BCUT2D eigenvalue weighted by Gasteiger charge is 2.35. The van der Waals surface area contributed by atoms with Gasteiger partial charge >= 0.3 is 0 Å². The van der Waals surface area contributed by atoms with Crippen molar-refractivity contribution in [3.05, 3.63) is 0 Å². The number of aliphatic hydroxyl groups excluding tert-OH is 1. The highest BCUT2D eigenvalue weighted by molar-refractivity contribution is 4.89. The second-order valence-corrected chi connectivity index (χ2v) is 5.59. The number of hydrogen-bond acceptors (Lipinski definition) is 2. The minimum Gasteiger partial charge on any atom is -0.391 e. The van der Waals surface area contributed by atoms with Crippen molar-refractivity contribution in [3.63, 3.8) is 0 Å². The Balaban J connectivity index is 2.59. The Kier molecular flexibility index (Phi) is 5.77. The van der Waals surface area contributed by atoms with E-state index < -0.39 is 0 Å². The molecule has 1 aliphatic rings. The normalized spacial score (nSPS) is 35.6. The summed E-state index contributed by atoms with van der Waals surface area (Å²) in [7, 11) is 0. The van der Waals surface area contributed by atoms with Crippen molar-refractivity contribution < 1.29 is 5.11 Å². The van der Waals surface area contributed by atoms with Crippen LogP contribution in [0, 0.1) is 11.8 Å². The van der Waals surface area contributed by atoms with Gasteiger partial charge in [0.05, 0.1) is 6.10 Å². The summed E-state index contributed by atoms with van der Waals surface area (Å²) in [5.41, 5.74) is 0. The lowest BCUT2D eigenvalue weighted by atomic mass is 9.77. The standard InChI is InChI=1S/C14H29NO/c1-5-7-8-15(6-2)14-12(4)9-11(3)10-13(14)16/h11-14,16H,5-10H2,1-4H3. The second-order valence-electron chi connectivity index (χ2n) is 5.59. The lowest BCUT2D eigenvalue weighted by Crippen LogP contribution is -2.51. The lowest BCUT2D eigenvalue weighted by molar-refractivity contribution is -0.0229. The van der Waals surface area contributed by atoms with Gasteiger partial charge in [0.25, 0.3) is 0 Å². The van der Waals surface area contributed by atoms with Gasteiger partial charge in [-0.3, -0.25) is 4.90 Å². The predicted octanol–water partition coefficient (Wildman–Crippen LogP) is 2.90. The molecule has 0 aromatic carbocycles. The number of aliphatic hydroxyl groups is 1. The van der Waals surface area contributed by atoms with Gasteiger partial charge in [-0.15, -0.1) is 0 Å². The van der Waals surface area contributed by atoms with E-state index in [1.807, 2.05) is 0 Å². The molecule has 0 saturated heterocycles. The summed E-state index contributed by atoms with van der Waals surface area (Å²) >= 11 is 0. The molecule has 16 heavy (non-hydrogen) atoms. The molecule has 0 aliphatic heterocycles. The van der Waals surface area contributed by atoms with Crippen molar-refractivity contribution in [1.29, 1.82) is 0 Å². The maximum absolute atomic E-state index is 10.3. The van der Waals surface area contributed by atoms with Crippen LogP contribution in [0.5, 0.6) is 0 Å². The van der Waals surface area contributed by atoms with E-state index >= 15 is 0 Å².